The van der Waals surface area contributed by atoms with Gasteiger partial charge >= 0.3 is 0 Å². The van der Waals surface area contributed by atoms with Crippen LogP contribution < -0.4 is 11.1 Å². The van der Waals surface area contributed by atoms with Crippen molar-refractivity contribution in [1.82, 2.24) is 9.88 Å². The Hall–Kier alpha value is -1.24. The van der Waals surface area contributed by atoms with Gasteiger partial charge in [-0.3, -0.25) is 4.99 Å². The van der Waals surface area contributed by atoms with Crippen molar-refractivity contribution in [3.63, 3.8) is 0 Å². The van der Waals surface area contributed by atoms with Crippen molar-refractivity contribution >= 4 is 40.8 Å². The molecule has 0 saturated heterocycles. The zero-order chi connectivity index (χ0) is 14.5. The maximum absolute atomic E-state index is 5.88. The van der Waals surface area contributed by atoms with Crippen molar-refractivity contribution in [1.29, 1.82) is 0 Å². The quantitative estimate of drug-likeness (QED) is 0.331. The van der Waals surface area contributed by atoms with Crippen molar-refractivity contribution in [3.05, 3.63) is 36.5 Å². The predicted octanol–water partition coefficient (Wildman–Crippen LogP) is 3.35. The minimum Gasteiger partial charge on any atom is -0.370 e. The van der Waals surface area contributed by atoms with Gasteiger partial charge in [0.15, 0.2) is 5.96 Å². The summed E-state index contributed by atoms with van der Waals surface area (Å²) in [5, 5.41) is 4.51. The molecule has 3 N–H and O–H groups in total. The molecule has 1 fully saturated rings. The van der Waals surface area contributed by atoms with Gasteiger partial charge in [-0.15, -0.1) is 24.0 Å². The lowest BCUT2D eigenvalue weighted by Gasteiger charge is -2.23. The summed E-state index contributed by atoms with van der Waals surface area (Å²) in [6.07, 6.45) is 7.18. The van der Waals surface area contributed by atoms with Gasteiger partial charge in [0.25, 0.3) is 0 Å². The molecule has 1 aliphatic rings. The van der Waals surface area contributed by atoms with Gasteiger partial charge in [-0.2, -0.15) is 0 Å². The molecular weight excluding hydrogens is 387 g/mol. The van der Waals surface area contributed by atoms with Crippen molar-refractivity contribution in [3.8, 4) is 0 Å². The van der Waals surface area contributed by atoms with E-state index in [-0.39, 0.29) is 24.0 Å². The van der Waals surface area contributed by atoms with Gasteiger partial charge in [0.05, 0.1) is 0 Å². The molecule has 4 nitrogen and oxygen atoms in total. The molecule has 2 aromatic rings. The number of guanidine groups is 1. The second-order valence-electron chi connectivity index (χ2n) is 5.87. The van der Waals surface area contributed by atoms with Crippen molar-refractivity contribution in [2.75, 3.05) is 13.1 Å². The molecule has 1 heterocycles. The number of nitrogens with one attached hydrogen (secondary N) is 1. The average Bonchev–Trinajstić information content (AvgIpc) is 2.85. The van der Waals surface area contributed by atoms with Crippen molar-refractivity contribution in [2.45, 2.75) is 32.2 Å². The van der Waals surface area contributed by atoms with E-state index in [9.17, 15) is 0 Å². The number of halogens is 1. The minimum absolute atomic E-state index is 0. The molecule has 0 atom stereocenters. The lowest BCUT2D eigenvalue weighted by Crippen LogP contribution is -2.33. The molecule has 3 rings (SSSR count). The second-order valence-corrected chi connectivity index (χ2v) is 5.87. The van der Waals surface area contributed by atoms with Crippen molar-refractivity contribution in [2.24, 2.45) is 16.6 Å². The highest BCUT2D eigenvalue weighted by Crippen LogP contribution is 2.26. The summed E-state index contributed by atoms with van der Waals surface area (Å²) in [6, 6.07) is 10.6. The molecule has 0 bridgehead atoms. The molecule has 1 aromatic carbocycles. The van der Waals surface area contributed by atoms with Gasteiger partial charge in [-0.1, -0.05) is 24.6 Å². The third-order valence-corrected chi connectivity index (χ3v) is 4.31. The Labute approximate surface area is 149 Å². The standard InChI is InChI=1S/C17H24N4.HI/c18-17(20-13-14-5-3-6-14)19-10-4-11-21-12-9-15-7-1-2-8-16(15)21;/h1-2,7-9,12,14H,3-6,10-11,13H2,(H3,18,19,20);1H. The highest BCUT2D eigenvalue weighted by Gasteiger charge is 2.16. The van der Waals surface area contributed by atoms with E-state index in [0.717, 1.165) is 32.0 Å². The van der Waals surface area contributed by atoms with E-state index in [1.165, 1.54) is 30.2 Å². The summed E-state index contributed by atoms with van der Waals surface area (Å²) in [6.45, 7) is 2.75. The van der Waals surface area contributed by atoms with Crippen LogP contribution in [0.5, 0.6) is 0 Å². The first-order valence-electron chi connectivity index (χ1n) is 7.90. The summed E-state index contributed by atoms with van der Waals surface area (Å²) in [7, 11) is 0. The van der Waals surface area contributed by atoms with Crippen molar-refractivity contribution < 1.29 is 0 Å². The van der Waals surface area contributed by atoms with E-state index in [0.29, 0.717) is 5.96 Å². The molecule has 0 spiro atoms. The monoisotopic (exact) mass is 412 g/mol. The predicted molar refractivity (Wildman–Crippen MR) is 104 cm³/mol. The van der Waals surface area contributed by atoms with E-state index in [2.05, 4.69) is 51.4 Å². The zero-order valence-corrected chi connectivity index (χ0v) is 15.2. The second kappa shape index (κ2) is 8.41. The summed E-state index contributed by atoms with van der Waals surface area (Å²) >= 11 is 0. The van der Waals surface area contributed by atoms with Gasteiger partial charge < -0.3 is 15.6 Å². The van der Waals surface area contributed by atoms with E-state index >= 15 is 0 Å². The Balaban J connectivity index is 0.00000176. The highest BCUT2D eigenvalue weighted by molar-refractivity contribution is 14.0. The van der Waals surface area contributed by atoms with Crippen LogP contribution in [0.1, 0.15) is 25.7 Å². The fraction of sp³-hybridized carbons (Fsp3) is 0.471. The van der Waals surface area contributed by atoms with Crippen LogP contribution in [0.4, 0.5) is 0 Å². The number of aliphatic imine (C=N–C) groups is 1. The molecule has 1 aliphatic carbocycles. The number of aryl methyl sites for hydroxylation is 1. The highest BCUT2D eigenvalue weighted by atomic mass is 127. The van der Waals surface area contributed by atoms with Crippen LogP contribution >= 0.6 is 24.0 Å². The SMILES string of the molecule is I.NC(=NCC1CCC1)NCCCn1ccc2ccccc21. The number of hydrogen-bond acceptors (Lipinski definition) is 1. The summed E-state index contributed by atoms with van der Waals surface area (Å²) in [4.78, 5) is 4.41. The van der Waals surface area contributed by atoms with E-state index in [1.807, 2.05) is 0 Å². The molecule has 1 aromatic heterocycles. The van der Waals surface area contributed by atoms with E-state index in [4.69, 9.17) is 5.73 Å². The molecule has 5 heteroatoms. The zero-order valence-electron chi connectivity index (χ0n) is 12.9. The van der Waals surface area contributed by atoms with Crippen LogP contribution in [0.25, 0.3) is 10.9 Å². The van der Waals surface area contributed by atoms with Crippen LogP contribution in [-0.2, 0) is 6.54 Å². The summed E-state index contributed by atoms with van der Waals surface area (Å²) in [5.41, 5.74) is 7.18. The van der Waals surface area contributed by atoms with Crippen LogP contribution in [0.2, 0.25) is 0 Å². The first-order valence-corrected chi connectivity index (χ1v) is 7.90. The number of rotatable bonds is 6. The Morgan fingerprint density at radius 3 is 2.86 bits per heavy atom. The Kier molecular flexibility index (Phi) is 6.54. The Morgan fingerprint density at radius 2 is 2.09 bits per heavy atom. The molecule has 120 valence electrons. The van der Waals surface area contributed by atoms with Gasteiger partial charge in [0.2, 0.25) is 0 Å². The fourth-order valence-corrected chi connectivity index (χ4v) is 2.76. The lowest BCUT2D eigenvalue weighted by molar-refractivity contribution is 0.326. The number of hydrogen-bond donors (Lipinski definition) is 2. The van der Waals surface area contributed by atoms with Gasteiger partial charge in [-0.25, -0.2) is 0 Å². The van der Waals surface area contributed by atoms with Gasteiger partial charge in [0.1, 0.15) is 0 Å². The maximum Gasteiger partial charge on any atom is 0.188 e. The summed E-state index contributed by atoms with van der Waals surface area (Å²) in [5.74, 6) is 1.37. The topological polar surface area (TPSA) is 55.3 Å². The number of para-hydroxylation sites is 1. The van der Waals surface area contributed by atoms with E-state index < -0.39 is 0 Å². The number of nitrogens with zero attached hydrogens (tertiary/aromatic N) is 2. The Bertz CT molecular complexity index is 616. The molecule has 1 saturated carbocycles. The first kappa shape index (κ1) is 17.1. The summed E-state index contributed by atoms with van der Waals surface area (Å²) < 4.78 is 2.29. The normalized spacial score (nSPS) is 15.4. The number of nitrogens with two attached hydrogens (primary N) is 1. The third-order valence-electron chi connectivity index (χ3n) is 4.31. The maximum atomic E-state index is 5.88. The number of benzene rings is 1. The van der Waals surface area contributed by atoms with Crippen LogP contribution in [0.15, 0.2) is 41.5 Å². The number of fused-ring (bicyclic) bond motifs is 1. The molecular formula is C17H25IN4. The molecule has 0 amide bonds. The van der Waals surface area contributed by atoms with Gasteiger partial charge in [-0.05, 0) is 42.7 Å². The fourth-order valence-electron chi connectivity index (χ4n) is 2.76. The van der Waals surface area contributed by atoms with Crippen LogP contribution in [0.3, 0.4) is 0 Å². The van der Waals surface area contributed by atoms with E-state index in [1.54, 1.807) is 0 Å². The number of aromatic nitrogens is 1. The average molecular weight is 412 g/mol. The molecule has 0 radical (unpaired) electrons. The molecule has 0 aliphatic heterocycles. The lowest BCUT2D eigenvalue weighted by atomic mass is 9.86. The minimum atomic E-state index is 0. The smallest absolute Gasteiger partial charge is 0.188 e. The Morgan fingerprint density at radius 1 is 1.27 bits per heavy atom. The largest absolute Gasteiger partial charge is 0.370 e. The van der Waals surface area contributed by atoms with Gasteiger partial charge in [0, 0.05) is 31.3 Å². The molecule has 22 heavy (non-hydrogen) atoms. The molecule has 0 unspecified atom stereocenters. The van der Waals surface area contributed by atoms with Crippen LogP contribution in [-0.4, -0.2) is 23.6 Å². The first-order chi connectivity index (χ1) is 10.3. The van der Waals surface area contributed by atoms with Crippen LogP contribution in [0, 0.1) is 5.92 Å². The third kappa shape index (κ3) is 4.38.